The number of nitrogens with zero attached hydrogens (tertiary/aromatic N) is 1. The van der Waals surface area contributed by atoms with Crippen molar-refractivity contribution in [1.29, 1.82) is 0 Å². The van der Waals surface area contributed by atoms with Gasteiger partial charge in [-0.2, -0.15) is 0 Å². The van der Waals surface area contributed by atoms with Crippen molar-refractivity contribution in [3.63, 3.8) is 0 Å². The number of hydrogen-bond donors (Lipinski definition) is 1. The normalized spacial score (nSPS) is 10.3. The highest BCUT2D eigenvalue weighted by Crippen LogP contribution is 2.16. The monoisotopic (exact) mass is 271 g/mol. The van der Waals surface area contributed by atoms with Gasteiger partial charge in [0, 0.05) is 28.9 Å². The first-order chi connectivity index (χ1) is 9.28. The molecule has 2 nitrogen and oxygen atoms in total. The summed E-state index contributed by atoms with van der Waals surface area (Å²) in [6.07, 6.45) is 0. The highest BCUT2D eigenvalue weighted by Gasteiger charge is 2.03. The Bertz CT molecular complexity index is 565. The van der Waals surface area contributed by atoms with Gasteiger partial charge in [-0.25, -0.2) is 0 Å². The predicted molar refractivity (Wildman–Crippen MR) is 79.9 cm³/mol. The molecule has 0 fully saturated rings. The molecule has 1 aromatic heterocycles. The molecular formula is C16H17NOS. The molecule has 1 N–H and O–H groups in total. The molecular weight excluding hydrogens is 254 g/mol. The molecule has 1 heterocycles. The minimum Gasteiger partial charge on any atom is -0.384 e. The van der Waals surface area contributed by atoms with E-state index in [9.17, 15) is 0 Å². The minimum atomic E-state index is -0.0842. The summed E-state index contributed by atoms with van der Waals surface area (Å²) in [5.74, 6) is 5.60. The smallest absolute Gasteiger partial charge is 0.104 e. The second-order valence-corrected chi connectivity index (χ2v) is 5.42. The molecule has 3 heteroatoms. The van der Waals surface area contributed by atoms with Crippen molar-refractivity contribution in [3.05, 3.63) is 57.8 Å². The van der Waals surface area contributed by atoms with Crippen LogP contribution in [0.15, 0.2) is 41.8 Å². The molecule has 2 rings (SSSR count). The number of benzene rings is 1. The van der Waals surface area contributed by atoms with E-state index >= 15 is 0 Å². The third-order valence-corrected chi connectivity index (χ3v) is 3.61. The highest BCUT2D eigenvalue weighted by atomic mass is 32.1. The average Bonchev–Trinajstić information content (AvgIpc) is 2.85. The van der Waals surface area contributed by atoms with Crippen LogP contribution in [0.1, 0.15) is 16.0 Å². The fourth-order valence-electron chi connectivity index (χ4n) is 1.89. The SMILES string of the molecule is CN(Cc1ccccc1)Cc1cc(C#CCO)cs1. The van der Waals surface area contributed by atoms with Crippen LogP contribution in [0.4, 0.5) is 0 Å². The first kappa shape index (κ1) is 13.8. The molecule has 0 unspecified atom stereocenters. The summed E-state index contributed by atoms with van der Waals surface area (Å²) < 4.78 is 0. The van der Waals surface area contributed by atoms with E-state index in [1.54, 1.807) is 11.3 Å². The molecule has 0 aliphatic rings. The zero-order valence-corrected chi connectivity index (χ0v) is 11.8. The van der Waals surface area contributed by atoms with E-state index in [4.69, 9.17) is 5.11 Å². The Labute approximate surface area is 118 Å². The third kappa shape index (κ3) is 4.53. The molecule has 0 saturated carbocycles. The van der Waals surface area contributed by atoms with E-state index in [2.05, 4.69) is 54.1 Å². The van der Waals surface area contributed by atoms with Crippen LogP contribution in [-0.2, 0) is 13.1 Å². The molecule has 0 aliphatic heterocycles. The maximum absolute atomic E-state index is 8.67. The molecule has 19 heavy (non-hydrogen) atoms. The Morgan fingerprint density at radius 2 is 2.00 bits per heavy atom. The molecule has 0 aliphatic carbocycles. The summed E-state index contributed by atoms with van der Waals surface area (Å²) >= 11 is 1.71. The van der Waals surface area contributed by atoms with Crippen LogP contribution in [0.2, 0.25) is 0 Å². The Hall–Kier alpha value is -1.60. The molecule has 0 atom stereocenters. The molecule has 1 aromatic carbocycles. The number of rotatable bonds is 4. The van der Waals surface area contributed by atoms with Gasteiger partial charge in [-0.05, 0) is 18.7 Å². The van der Waals surface area contributed by atoms with Crippen LogP contribution in [-0.4, -0.2) is 23.7 Å². The van der Waals surface area contributed by atoms with Gasteiger partial charge in [0.2, 0.25) is 0 Å². The Morgan fingerprint density at radius 3 is 2.74 bits per heavy atom. The molecule has 98 valence electrons. The Morgan fingerprint density at radius 1 is 1.21 bits per heavy atom. The fraction of sp³-hybridized carbons (Fsp3) is 0.250. The zero-order valence-electron chi connectivity index (χ0n) is 11.0. The minimum absolute atomic E-state index is 0.0842. The second kappa shape index (κ2) is 7.10. The topological polar surface area (TPSA) is 23.5 Å². The van der Waals surface area contributed by atoms with Crippen LogP contribution in [0.25, 0.3) is 0 Å². The first-order valence-corrected chi connectivity index (χ1v) is 7.05. The second-order valence-electron chi connectivity index (χ2n) is 4.42. The lowest BCUT2D eigenvalue weighted by Gasteiger charge is -2.15. The molecule has 0 radical (unpaired) electrons. The quantitative estimate of drug-likeness (QED) is 0.864. The van der Waals surface area contributed by atoms with Crippen LogP contribution >= 0.6 is 11.3 Å². The summed E-state index contributed by atoms with van der Waals surface area (Å²) in [5.41, 5.74) is 2.31. The van der Waals surface area contributed by atoms with Gasteiger partial charge in [-0.3, -0.25) is 4.90 Å². The predicted octanol–water partition coefficient (Wildman–Crippen LogP) is 2.72. The van der Waals surface area contributed by atoms with Crippen molar-refractivity contribution in [2.24, 2.45) is 0 Å². The van der Waals surface area contributed by atoms with Crippen LogP contribution in [0.3, 0.4) is 0 Å². The van der Waals surface area contributed by atoms with E-state index in [-0.39, 0.29) is 6.61 Å². The van der Waals surface area contributed by atoms with Crippen molar-refractivity contribution >= 4 is 11.3 Å². The maximum Gasteiger partial charge on any atom is 0.104 e. The van der Waals surface area contributed by atoms with Crippen molar-refractivity contribution < 1.29 is 5.11 Å². The van der Waals surface area contributed by atoms with Crippen molar-refractivity contribution in [1.82, 2.24) is 4.90 Å². The number of hydrogen-bond acceptors (Lipinski definition) is 3. The lowest BCUT2D eigenvalue weighted by Crippen LogP contribution is -2.16. The van der Waals surface area contributed by atoms with Crippen LogP contribution in [0.5, 0.6) is 0 Å². The lowest BCUT2D eigenvalue weighted by atomic mass is 10.2. The number of aliphatic hydroxyl groups excluding tert-OH is 1. The van der Waals surface area contributed by atoms with Crippen molar-refractivity contribution in [3.8, 4) is 11.8 Å². The van der Waals surface area contributed by atoms with Gasteiger partial charge in [-0.15, -0.1) is 11.3 Å². The first-order valence-electron chi connectivity index (χ1n) is 6.17. The van der Waals surface area contributed by atoms with E-state index in [1.165, 1.54) is 10.4 Å². The van der Waals surface area contributed by atoms with E-state index in [0.717, 1.165) is 18.7 Å². The van der Waals surface area contributed by atoms with Gasteiger partial charge in [0.1, 0.15) is 6.61 Å². The molecule has 0 saturated heterocycles. The summed E-state index contributed by atoms with van der Waals surface area (Å²) in [7, 11) is 2.12. The fourth-order valence-corrected chi connectivity index (χ4v) is 2.78. The molecule has 0 amide bonds. The molecule has 0 spiro atoms. The van der Waals surface area contributed by atoms with Crippen LogP contribution in [0, 0.1) is 11.8 Å². The molecule has 2 aromatic rings. The van der Waals surface area contributed by atoms with Crippen molar-refractivity contribution in [2.75, 3.05) is 13.7 Å². The molecule has 0 bridgehead atoms. The Kier molecular flexibility index (Phi) is 5.17. The number of thiophene rings is 1. The van der Waals surface area contributed by atoms with E-state index < -0.39 is 0 Å². The van der Waals surface area contributed by atoms with E-state index in [0.29, 0.717) is 0 Å². The average molecular weight is 271 g/mol. The van der Waals surface area contributed by atoms with Gasteiger partial charge in [0.05, 0.1) is 0 Å². The zero-order chi connectivity index (χ0) is 13.5. The van der Waals surface area contributed by atoms with Crippen molar-refractivity contribution in [2.45, 2.75) is 13.1 Å². The highest BCUT2D eigenvalue weighted by molar-refractivity contribution is 7.10. The lowest BCUT2D eigenvalue weighted by molar-refractivity contribution is 0.322. The number of aliphatic hydroxyl groups is 1. The standard InChI is InChI=1S/C16H17NOS/c1-17(11-14-6-3-2-4-7-14)12-16-10-15(13-19-16)8-5-9-18/h2-4,6-7,10,13,18H,9,11-12H2,1H3. The Balaban J connectivity index is 1.92. The largest absolute Gasteiger partial charge is 0.384 e. The summed E-state index contributed by atoms with van der Waals surface area (Å²) in [5, 5.41) is 10.7. The summed E-state index contributed by atoms with van der Waals surface area (Å²) in [4.78, 5) is 3.57. The van der Waals surface area contributed by atoms with Crippen LogP contribution < -0.4 is 0 Å². The van der Waals surface area contributed by atoms with Gasteiger partial charge in [-0.1, -0.05) is 42.2 Å². The van der Waals surface area contributed by atoms with Gasteiger partial charge < -0.3 is 5.11 Å². The van der Waals surface area contributed by atoms with Gasteiger partial charge in [0.25, 0.3) is 0 Å². The van der Waals surface area contributed by atoms with E-state index in [1.807, 2.05) is 11.4 Å². The third-order valence-electron chi connectivity index (χ3n) is 2.69. The van der Waals surface area contributed by atoms with Gasteiger partial charge >= 0.3 is 0 Å². The summed E-state index contributed by atoms with van der Waals surface area (Å²) in [6, 6.07) is 12.5. The maximum atomic E-state index is 8.67. The van der Waals surface area contributed by atoms with Gasteiger partial charge in [0.15, 0.2) is 0 Å². The summed E-state index contributed by atoms with van der Waals surface area (Å²) in [6.45, 7) is 1.77.